The molecule has 1 amide bonds. The summed E-state index contributed by atoms with van der Waals surface area (Å²) in [4.78, 5) is 13.0. The third kappa shape index (κ3) is 5.68. The maximum absolute atomic E-state index is 13.0. The summed E-state index contributed by atoms with van der Waals surface area (Å²) in [5.74, 6) is 1.10. The van der Waals surface area contributed by atoms with Gasteiger partial charge in [-0.05, 0) is 49.9 Å². The van der Waals surface area contributed by atoms with Gasteiger partial charge in [0.25, 0.3) is 5.91 Å². The molecule has 2 rings (SSSR count). The molecule has 0 saturated heterocycles. The summed E-state index contributed by atoms with van der Waals surface area (Å²) in [6.45, 7) is 11.6. The number of benzene rings is 1. The Morgan fingerprint density at radius 1 is 0.931 bits per heavy atom. The lowest BCUT2D eigenvalue weighted by Crippen LogP contribution is -2.22. The number of ether oxygens (including phenoxy) is 2. The van der Waals surface area contributed by atoms with Gasteiger partial charge >= 0.3 is 0 Å². The lowest BCUT2D eigenvalue weighted by atomic mass is 9.81. The molecule has 0 aliphatic carbocycles. The van der Waals surface area contributed by atoms with Gasteiger partial charge in [0, 0.05) is 5.41 Å². The molecule has 1 aromatic carbocycles. The molecule has 158 valence electrons. The minimum absolute atomic E-state index is 0.0166. The van der Waals surface area contributed by atoms with E-state index in [4.69, 9.17) is 9.47 Å². The van der Waals surface area contributed by atoms with Crippen LogP contribution in [0.4, 0.5) is 5.82 Å². The van der Waals surface area contributed by atoms with Crippen molar-refractivity contribution in [2.45, 2.75) is 65.7 Å². The van der Waals surface area contributed by atoms with E-state index in [1.807, 2.05) is 26.0 Å². The number of nitrogens with one attached hydrogen (secondary N) is 1. The zero-order valence-corrected chi connectivity index (χ0v) is 18.2. The van der Waals surface area contributed by atoms with Gasteiger partial charge in [0.15, 0.2) is 5.82 Å². The molecule has 6 heteroatoms. The van der Waals surface area contributed by atoms with Gasteiger partial charge < -0.3 is 14.8 Å². The van der Waals surface area contributed by atoms with Crippen molar-refractivity contribution < 1.29 is 14.3 Å². The van der Waals surface area contributed by atoms with Crippen LogP contribution in [0.1, 0.15) is 76.4 Å². The quantitative estimate of drug-likeness (QED) is 0.549. The van der Waals surface area contributed by atoms with E-state index in [2.05, 4.69) is 36.3 Å². The standard InChI is InChI=1S/C23H33N3O3/c1-6-15-28-17-11-10-12-18(29-16-7-2)21(17)22(27)24-20-14-13-19(25-26-20)23(5,8-3)9-4/h10-14H,6-9,15-16H2,1-5H3,(H,24,26,27). The molecule has 1 N–H and O–H groups in total. The first kappa shape index (κ1) is 22.7. The number of aromatic nitrogens is 2. The molecular weight excluding hydrogens is 366 g/mol. The Labute approximate surface area is 174 Å². The number of carbonyl (C=O) groups is 1. The van der Waals surface area contributed by atoms with Crippen LogP contribution in [-0.4, -0.2) is 29.3 Å². The van der Waals surface area contributed by atoms with Crippen LogP contribution < -0.4 is 14.8 Å². The number of carbonyl (C=O) groups excluding carboxylic acids is 1. The Kier molecular flexibility index (Phi) is 8.43. The second kappa shape index (κ2) is 10.8. The molecule has 0 aliphatic heterocycles. The Hall–Kier alpha value is -2.63. The fraction of sp³-hybridized carbons (Fsp3) is 0.522. The second-order valence-corrected chi connectivity index (χ2v) is 7.35. The van der Waals surface area contributed by atoms with Gasteiger partial charge in [-0.1, -0.05) is 40.7 Å². The van der Waals surface area contributed by atoms with Gasteiger partial charge in [-0.3, -0.25) is 4.79 Å². The van der Waals surface area contributed by atoms with E-state index < -0.39 is 0 Å². The highest BCUT2D eigenvalue weighted by molar-refractivity contribution is 6.07. The van der Waals surface area contributed by atoms with Gasteiger partial charge in [0.2, 0.25) is 0 Å². The van der Waals surface area contributed by atoms with E-state index in [1.54, 1.807) is 18.2 Å². The fourth-order valence-corrected chi connectivity index (χ4v) is 2.91. The maximum Gasteiger partial charge on any atom is 0.264 e. The number of hydrogen-bond acceptors (Lipinski definition) is 5. The lowest BCUT2D eigenvalue weighted by molar-refractivity contribution is 0.101. The maximum atomic E-state index is 13.0. The molecule has 0 saturated carbocycles. The Balaban J connectivity index is 2.27. The molecule has 2 aromatic rings. The molecule has 29 heavy (non-hydrogen) atoms. The Morgan fingerprint density at radius 2 is 1.52 bits per heavy atom. The van der Waals surface area contributed by atoms with Crippen molar-refractivity contribution in [2.24, 2.45) is 0 Å². The van der Waals surface area contributed by atoms with Crippen LogP contribution in [0.2, 0.25) is 0 Å². The molecule has 0 radical (unpaired) electrons. The van der Waals surface area contributed by atoms with Crippen LogP contribution in [0.15, 0.2) is 30.3 Å². The van der Waals surface area contributed by atoms with E-state index in [0.29, 0.717) is 36.1 Å². The summed E-state index contributed by atoms with van der Waals surface area (Å²) >= 11 is 0. The minimum Gasteiger partial charge on any atom is -0.493 e. The fourth-order valence-electron chi connectivity index (χ4n) is 2.91. The predicted octanol–water partition coefficient (Wildman–Crippen LogP) is 5.38. The van der Waals surface area contributed by atoms with Crippen LogP contribution in [0.25, 0.3) is 0 Å². The highest BCUT2D eigenvalue weighted by Gasteiger charge is 2.25. The topological polar surface area (TPSA) is 73.3 Å². The first-order valence-electron chi connectivity index (χ1n) is 10.5. The first-order chi connectivity index (χ1) is 14.0. The number of amides is 1. The van der Waals surface area contributed by atoms with E-state index >= 15 is 0 Å². The normalized spacial score (nSPS) is 11.2. The molecule has 0 unspecified atom stereocenters. The van der Waals surface area contributed by atoms with Crippen LogP contribution >= 0.6 is 0 Å². The van der Waals surface area contributed by atoms with Gasteiger partial charge in [-0.25, -0.2) is 0 Å². The van der Waals surface area contributed by atoms with Gasteiger partial charge in [-0.2, -0.15) is 5.10 Å². The highest BCUT2D eigenvalue weighted by Crippen LogP contribution is 2.31. The van der Waals surface area contributed by atoms with Gasteiger partial charge in [0.1, 0.15) is 17.1 Å². The second-order valence-electron chi connectivity index (χ2n) is 7.35. The highest BCUT2D eigenvalue weighted by atomic mass is 16.5. The van der Waals surface area contributed by atoms with Crippen LogP contribution in [0.5, 0.6) is 11.5 Å². The smallest absolute Gasteiger partial charge is 0.264 e. The summed E-state index contributed by atoms with van der Waals surface area (Å²) < 4.78 is 11.6. The number of nitrogens with zero attached hydrogens (tertiary/aromatic N) is 2. The van der Waals surface area contributed by atoms with E-state index in [0.717, 1.165) is 31.4 Å². The Bertz CT molecular complexity index is 760. The number of rotatable bonds is 11. The third-order valence-electron chi connectivity index (χ3n) is 5.22. The monoisotopic (exact) mass is 399 g/mol. The van der Waals surface area contributed by atoms with Crippen molar-refractivity contribution in [3.05, 3.63) is 41.6 Å². The van der Waals surface area contributed by atoms with Crippen molar-refractivity contribution in [3.8, 4) is 11.5 Å². The molecule has 0 atom stereocenters. The molecule has 1 heterocycles. The lowest BCUT2D eigenvalue weighted by Gasteiger charge is -2.25. The molecule has 0 spiro atoms. The molecule has 0 aliphatic rings. The molecule has 1 aromatic heterocycles. The SMILES string of the molecule is CCCOc1cccc(OCCC)c1C(=O)Nc1ccc(C(C)(CC)CC)nn1. The van der Waals surface area contributed by atoms with Crippen LogP contribution in [0, 0.1) is 0 Å². The summed E-state index contributed by atoms with van der Waals surface area (Å²) in [7, 11) is 0. The largest absolute Gasteiger partial charge is 0.493 e. The molecule has 6 nitrogen and oxygen atoms in total. The van der Waals surface area contributed by atoms with Crippen molar-refractivity contribution >= 4 is 11.7 Å². The average Bonchev–Trinajstić information content (AvgIpc) is 2.75. The average molecular weight is 400 g/mol. The Morgan fingerprint density at radius 3 is 1.97 bits per heavy atom. The summed E-state index contributed by atoms with van der Waals surface area (Å²) in [6.07, 6.45) is 3.65. The predicted molar refractivity (Wildman–Crippen MR) is 116 cm³/mol. The third-order valence-corrected chi connectivity index (χ3v) is 5.22. The minimum atomic E-state index is -0.321. The summed E-state index contributed by atoms with van der Waals surface area (Å²) in [6, 6.07) is 9.13. The van der Waals surface area contributed by atoms with Gasteiger partial charge in [-0.15, -0.1) is 5.10 Å². The van der Waals surface area contributed by atoms with E-state index in [9.17, 15) is 4.79 Å². The van der Waals surface area contributed by atoms with Crippen molar-refractivity contribution in [1.29, 1.82) is 0 Å². The van der Waals surface area contributed by atoms with Crippen molar-refractivity contribution in [3.63, 3.8) is 0 Å². The first-order valence-corrected chi connectivity index (χ1v) is 10.5. The molecular formula is C23H33N3O3. The zero-order chi connectivity index (χ0) is 21.3. The van der Waals surface area contributed by atoms with Gasteiger partial charge in [0.05, 0.1) is 18.9 Å². The van der Waals surface area contributed by atoms with Crippen LogP contribution in [-0.2, 0) is 5.41 Å². The zero-order valence-electron chi connectivity index (χ0n) is 18.2. The molecule has 0 fully saturated rings. The van der Waals surface area contributed by atoms with Crippen molar-refractivity contribution in [2.75, 3.05) is 18.5 Å². The molecule has 0 bridgehead atoms. The van der Waals surface area contributed by atoms with Crippen molar-refractivity contribution in [1.82, 2.24) is 10.2 Å². The summed E-state index contributed by atoms with van der Waals surface area (Å²) in [5, 5.41) is 11.4. The number of anilines is 1. The number of hydrogen-bond donors (Lipinski definition) is 1. The van der Waals surface area contributed by atoms with Crippen LogP contribution in [0.3, 0.4) is 0 Å². The van der Waals surface area contributed by atoms with E-state index in [-0.39, 0.29) is 11.3 Å². The summed E-state index contributed by atoms with van der Waals surface area (Å²) in [5.41, 5.74) is 1.29. The van der Waals surface area contributed by atoms with E-state index in [1.165, 1.54) is 0 Å².